The van der Waals surface area contributed by atoms with Gasteiger partial charge in [-0.2, -0.15) is 0 Å². The predicted octanol–water partition coefficient (Wildman–Crippen LogP) is 3.21. The van der Waals surface area contributed by atoms with Gasteiger partial charge >= 0.3 is 0 Å². The lowest BCUT2D eigenvalue weighted by Crippen LogP contribution is -2.44. The van der Waals surface area contributed by atoms with Crippen molar-refractivity contribution in [1.82, 2.24) is 10.2 Å². The Morgan fingerprint density at radius 3 is 2.50 bits per heavy atom. The molecule has 0 bridgehead atoms. The monoisotopic (exact) mass is 384 g/mol. The number of nitrogens with zero attached hydrogens (tertiary/aromatic N) is 1. The third-order valence-electron chi connectivity index (χ3n) is 4.87. The van der Waals surface area contributed by atoms with Gasteiger partial charge in [-0.05, 0) is 36.1 Å². The summed E-state index contributed by atoms with van der Waals surface area (Å²) in [7, 11) is 0. The van der Waals surface area contributed by atoms with Crippen molar-refractivity contribution < 1.29 is 18.7 Å². The van der Waals surface area contributed by atoms with Crippen LogP contribution in [0.4, 0.5) is 4.39 Å². The first-order valence-electron chi connectivity index (χ1n) is 9.50. The second-order valence-corrected chi connectivity index (χ2v) is 6.97. The molecule has 0 spiro atoms. The van der Waals surface area contributed by atoms with E-state index in [0.717, 1.165) is 24.0 Å². The van der Waals surface area contributed by atoms with Gasteiger partial charge in [0.2, 0.25) is 11.8 Å². The number of amides is 2. The van der Waals surface area contributed by atoms with Crippen LogP contribution in [-0.4, -0.2) is 36.0 Å². The van der Waals surface area contributed by atoms with Gasteiger partial charge in [0.1, 0.15) is 11.9 Å². The molecule has 0 aromatic heterocycles. The number of halogens is 1. The Bertz CT molecular complexity index is 789. The Balaban J connectivity index is 1.82. The third-order valence-corrected chi connectivity index (χ3v) is 4.87. The zero-order valence-electron chi connectivity index (χ0n) is 15.9. The molecule has 1 N–H and O–H groups in total. The molecule has 0 radical (unpaired) electrons. The normalized spacial score (nSPS) is 17.1. The number of benzene rings is 2. The fourth-order valence-corrected chi connectivity index (χ4v) is 3.40. The molecule has 0 aliphatic carbocycles. The fourth-order valence-electron chi connectivity index (χ4n) is 3.40. The van der Waals surface area contributed by atoms with Crippen molar-refractivity contribution in [1.29, 1.82) is 0 Å². The highest BCUT2D eigenvalue weighted by molar-refractivity contribution is 5.88. The summed E-state index contributed by atoms with van der Waals surface area (Å²) in [5.74, 6) is -0.823. The molecule has 2 amide bonds. The molecule has 28 heavy (non-hydrogen) atoms. The van der Waals surface area contributed by atoms with E-state index in [9.17, 15) is 14.0 Å². The van der Waals surface area contributed by atoms with Crippen molar-refractivity contribution in [3.05, 3.63) is 71.5 Å². The van der Waals surface area contributed by atoms with E-state index in [1.165, 1.54) is 24.0 Å². The van der Waals surface area contributed by atoms with E-state index in [0.29, 0.717) is 13.2 Å². The minimum absolute atomic E-state index is 0.0169. The van der Waals surface area contributed by atoms with Gasteiger partial charge in [0.05, 0.1) is 6.10 Å². The number of hydrogen-bond donors (Lipinski definition) is 1. The van der Waals surface area contributed by atoms with Crippen LogP contribution in [0, 0.1) is 5.82 Å². The Kier molecular flexibility index (Phi) is 6.76. The molecule has 3 rings (SSSR count). The maximum atomic E-state index is 13.2. The highest BCUT2D eigenvalue weighted by atomic mass is 19.1. The van der Waals surface area contributed by atoms with Crippen LogP contribution in [0.25, 0.3) is 0 Å². The summed E-state index contributed by atoms with van der Waals surface area (Å²) < 4.78 is 18.8. The third kappa shape index (κ3) is 5.16. The maximum absolute atomic E-state index is 13.2. The number of rotatable bonds is 7. The predicted molar refractivity (Wildman–Crippen MR) is 104 cm³/mol. The van der Waals surface area contributed by atoms with E-state index in [4.69, 9.17) is 4.74 Å². The summed E-state index contributed by atoms with van der Waals surface area (Å²) in [5, 5.41) is 2.94. The maximum Gasteiger partial charge on any atom is 0.247 e. The molecule has 1 saturated heterocycles. The molecule has 5 nitrogen and oxygen atoms in total. The second kappa shape index (κ2) is 9.46. The Morgan fingerprint density at radius 2 is 1.89 bits per heavy atom. The number of carbonyl (C=O) groups excluding carboxylic acids is 2. The first kappa shape index (κ1) is 20.0. The lowest BCUT2D eigenvalue weighted by Gasteiger charge is -2.31. The van der Waals surface area contributed by atoms with E-state index in [2.05, 4.69) is 5.32 Å². The van der Waals surface area contributed by atoms with Gasteiger partial charge in [-0.3, -0.25) is 9.59 Å². The van der Waals surface area contributed by atoms with Crippen LogP contribution in [0.2, 0.25) is 0 Å². The number of ether oxygens (including phenoxy) is 1. The molecule has 2 unspecified atom stereocenters. The number of carbonyl (C=O) groups is 2. The molecule has 1 aliphatic heterocycles. The van der Waals surface area contributed by atoms with Crippen molar-refractivity contribution in [2.45, 2.75) is 38.5 Å². The summed E-state index contributed by atoms with van der Waals surface area (Å²) in [6.07, 6.45) is 1.93. The average molecular weight is 384 g/mol. The standard InChI is InChI=1S/C22H25FN2O3/c1-16(26)25(15-17-9-11-19(23)12-10-17)21(18-6-3-2-4-7-18)22(27)24-14-20-8-5-13-28-20/h2-4,6-7,9-12,20-21H,5,8,13-15H2,1H3,(H,24,27). The Hall–Kier alpha value is -2.73. The Labute approximate surface area is 164 Å². The molecule has 1 aliphatic rings. The largest absolute Gasteiger partial charge is 0.376 e. The molecular formula is C22H25FN2O3. The molecular weight excluding hydrogens is 359 g/mol. The van der Waals surface area contributed by atoms with E-state index in [-0.39, 0.29) is 30.3 Å². The quantitative estimate of drug-likeness (QED) is 0.798. The van der Waals surface area contributed by atoms with E-state index < -0.39 is 6.04 Å². The zero-order chi connectivity index (χ0) is 19.9. The molecule has 2 atom stereocenters. The zero-order valence-corrected chi connectivity index (χ0v) is 15.9. The lowest BCUT2D eigenvalue weighted by atomic mass is 10.0. The van der Waals surface area contributed by atoms with Crippen molar-refractivity contribution in [3.8, 4) is 0 Å². The molecule has 6 heteroatoms. The fraction of sp³-hybridized carbons (Fsp3) is 0.364. The van der Waals surface area contributed by atoms with Gasteiger partial charge in [0, 0.05) is 26.6 Å². The van der Waals surface area contributed by atoms with Gasteiger partial charge in [-0.15, -0.1) is 0 Å². The SMILES string of the molecule is CC(=O)N(Cc1ccc(F)cc1)C(C(=O)NCC1CCCO1)c1ccccc1. The molecule has 0 saturated carbocycles. The molecule has 148 valence electrons. The van der Waals surface area contributed by atoms with E-state index in [1.807, 2.05) is 30.3 Å². The van der Waals surface area contributed by atoms with Crippen molar-refractivity contribution in [2.24, 2.45) is 0 Å². The first-order chi connectivity index (χ1) is 13.5. The van der Waals surface area contributed by atoms with Crippen LogP contribution >= 0.6 is 0 Å². The minimum atomic E-state index is -0.773. The average Bonchev–Trinajstić information content (AvgIpc) is 3.22. The van der Waals surface area contributed by atoms with Gasteiger partial charge in [-0.25, -0.2) is 4.39 Å². The summed E-state index contributed by atoms with van der Waals surface area (Å²) in [6, 6.07) is 14.4. The summed E-state index contributed by atoms with van der Waals surface area (Å²) in [6.45, 7) is 2.78. The van der Waals surface area contributed by atoms with Gasteiger partial charge in [0.25, 0.3) is 0 Å². The van der Waals surface area contributed by atoms with Gasteiger partial charge in [0.15, 0.2) is 0 Å². The van der Waals surface area contributed by atoms with Crippen LogP contribution in [0.3, 0.4) is 0 Å². The highest BCUT2D eigenvalue weighted by Gasteiger charge is 2.30. The van der Waals surface area contributed by atoms with Crippen LogP contribution in [0.1, 0.15) is 36.9 Å². The van der Waals surface area contributed by atoms with Crippen LogP contribution < -0.4 is 5.32 Å². The van der Waals surface area contributed by atoms with E-state index in [1.54, 1.807) is 12.1 Å². The summed E-state index contributed by atoms with van der Waals surface area (Å²) >= 11 is 0. The number of nitrogens with one attached hydrogen (secondary N) is 1. The highest BCUT2D eigenvalue weighted by Crippen LogP contribution is 2.24. The van der Waals surface area contributed by atoms with Crippen molar-refractivity contribution in [2.75, 3.05) is 13.2 Å². The van der Waals surface area contributed by atoms with Crippen LogP contribution in [-0.2, 0) is 20.9 Å². The minimum Gasteiger partial charge on any atom is -0.376 e. The summed E-state index contributed by atoms with van der Waals surface area (Å²) in [4.78, 5) is 27.0. The van der Waals surface area contributed by atoms with Gasteiger partial charge < -0.3 is 15.0 Å². The molecule has 1 heterocycles. The summed E-state index contributed by atoms with van der Waals surface area (Å²) in [5.41, 5.74) is 1.48. The van der Waals surface area contributed by atoms with Crippen molar-refractivity contribution >= 4 is 11.8 Å². The second-order valence-electron chi connectivity index (χ2n) is 6.97. The van der Waals surface area contributed by atoms with E-state index >= 15 is 0 Å². The smallest absolute Gasteiger partial charge is 0.247 e. The molecule has 2 aromatic rings. The topological polar surface area (TPSA) is 58.6 Å². The van der Waals surface area contributed by atoms with Crippen LogP contribution in [0.15, 0.2) is 54.6 Å². The molecule has 1 fully saturated rings. The number of hydrogen-bond acceptors (Lipinski definition) is 3. The lowest BCUT2D eigenvalue weighted by molar-refractivity contribution is -0.140. The first-order valence-corrected chi connectivity index (χ1v) is 9.50. The van der Waals surface area contributed by atoms with Crippen LogP contribution in [0.5, 0.6) is 0 Å². The van der Waals surface area contributed by atoms with Crippen molar-refractivity contribution in [3.63, 3.8) is 0 Å². The Morgan fingerprint density at radius 1 is 1.18 bits per heavy atom. The molecule has 2 aromatic carbocycles. The van der Waals surface area contributed by atoms with Gasteiger partial charge in [-0.1, -0.05) is 42.5 Å².